The van der Waals surface area contributed by atoms with Gasteiger partial charge in [-0.1, -0.05) is 51.3 Å². The van der Waals surface area contributed by atoms with E-state index < -0.39 is 0 Å². The average molecular weight is 325 g/mol. The highest BCUT2D eigenvalue weighted by molar-refractivity contribution is 9.09. The fourth-order valence-electron chi connectivity index (χ4n) is 2.05. The third-order valence-electron chi connectivity index (χ3n) is 3.02. The quantitative estimate of drug-likeness (QED) is 0.722. The van der Waals surface area contributed by atoms with Gasteiger partial charge in [-0.3, -0.25) is 4.98 Å². The van der Waals surface area contributed by atoms with Gasteiger partial charge in [0, 0.05) is 17.2 Å². The van der Waals surface area contributed by atoms with Gasteiger partial charge in [0.25, 0.3) is 0 Å². The van der Waals surface area contributed by atoms with Gasteiger partial charge in [0.2, 0.25) is 0 Å². The van der Waals surface area contributed by atoms with Gasteiger partial charge in [-0.05, 0) is 43.0 Å². The van der Waals surface area contributed by atoms with E-state index in [2.05, 4.69) is 53.0 Å². The maximum Gasteiger partial charge on any atom is 0.0621 e. The Morgan fingerprint density at radius 1 is 1.28 bits per heavy atom. The summed E-state index contributed by atoms with van der Waals surface area (Å²) in [6.07, 6.45) is 4.34. The highest BCUT2D eigenvalue weighted by atomic mass is 79.9. The van der Waals surface area contributed by atoms with Gasteiger partial charge in [-0.15, -0.1) is 0 Å². The Morgan fingerprint density at radius 3 is 2.72 bits per heavy atom. The maximum absolute atomic E-state index is 6.14. The van der Waals surface area contributed by atoms with Gasteiger partial charge in [-0.25, -0.2) is 0 Å². The number of aromatic nitrogens is 1. The molecular formula is C15H15BrClN. The van der Waals surface area contributed by atoms with Crippen LogP contribution in [0.2, 0.25) is 5.02 Å². The lowest BCUT2D eigenvalue weighted by Gasteiger charge is -2.14. The summed E-state index contributed by atoms with van der Waals surface area (Å²) in [5, 5.41) is 0.728. The zero-order valence-corrected chi connectivity index (χ0v) is 12.8. The fraction of sp³-hybridized carbons (Fsp3) is 0.267. The molecule has 0 fully saturated rings. The topological polar surface area (TPSA) is 12.9 Å². The lowest BCUT2D eigenvalue weighted by Crippen LogP contribution is -1.99. The molecule has 2 rings (SSSR count). The van der Waals surface area contributed by atoms with Crippen LogP contribution in [0.15, 0.2) is 36.7 Å². The Bertz CT molecular complexity index is 554. The number of benzene rings is 1. The minimum Gasteiger partial charge on any atom is -0.263 e. The first kappa shape index (κ1) is 13.6. The van der Waals surface area contributed by atoms with Gasteiger partial charge in [0.15, 0.2) is 0 Å². The number of alkyl halides is 1. The van der Waals surface area contributed by atoms with E-state index in [1.165, 1.54) is 16.7 Å². The van der Waals surface area contributed by atoms with Crippen LogP contribution in [-0.4, -0.2) is 4.98 Å². The van der Waals surface area contributed by atoms with Crippen LogP contribution < -0.4 is 0 Å². The summed E-state index contributed by atoms with van der Waals surface area (Å²) in [4.78, 5) is 4.28. The number of aryl methyl sites for hydroxylation is 2. The predicted octanol–water partition coefficient (Wildman–Crippen LogP) is 5.03. The maximum atomic E-state index is 6.14. The largest absolute Gasteiger partial charge is 0.263 e. The summed E-state index contributed by atoms with van der Waals surface area (Å²) < 4.78 is 0. The highest BCUT2D eigenvalue weighted by Crippen LogP contribution is 2.31. The molecule has 0 saturated carbocycles. The van der Waals surface area contributed by atoms with Crippen molar-refractivity contribution in [2.75, 3.05) is 0 Å². The van der Waals surface area contributed by atoms with Crippen molar-refractivity contribution in [2.24, 2.45) is 0 Å². The van der Waals surface area contributed by atoms with Gasteiger partial charge in [-0.2, -0.15) is 0 Å². The third-order valence-corrected chi connectivity index (χ3v) is 4.18. The summed E-state index contributed by atoms with van der Waals surface area (Å²) in [5.41, 5.74) is 5.03. The number of hydrogen-bond donors (Lipinski definition) is 0. The molecule has 0 bridgehead atoms. The Balaban J connectivity index is 2.22. The molecule has 1 heterocycles. The summed E-state index contributed by atoms with van der Waals surface area (Å²) in [6.45, 7) is 4.25. The minimum atomic E-state index is 0.276. The van der Waals surface area contributed by atoms with Crippen LogP contribution in [0.5, 0.6) is 0 Å². The molecule has 0 aliphatic rings. The monoisotopic (exact) mass is 323 g/mol. The van der Waals surface area contributed by atoms with Gasteiger partial charge in [0.1, 0.15) is 0 Å². The second kappa shape index (κ2) is 5.85. The Morgan fingerprint density at radius 2 is 2.06 bits per heavy atom. The standard InChI is InChI=1S/C15H15BrClN/c1-10-3-4-13(11(2)7-10)14(16)8-12-5-6-18-9-15(12)17/h3-7,9,14H,8H2,1-2H3. The zero-order valence-electron chi connectivity index (χ0n) is 10.5. The van der Waals surface area contributed by atoms with E-state index in [4.69, 9.17) is 11.6 Å². The molecule has 18 heavy (non-hydrogen) atoms. The summed E-state index contributed by atoms with van der Waals surface area (Å²) in [7, 11) is 0. The molecule has 0 aliphatic carbocycles. The van der Waals surface area contributed by atoms with Crippen molar-refractivity contribution in [1.82, 2.24) is 4.98 Å². The van der Waals surface area contributed by atoms with Crippen molar-refractivity contribution in [1.29, 1.82) is 0 Å². The predicted molar refractivity (Wildman–Crippen MR) is 80.5 cm³/mol. The van der Waals surface area contributed by atoms with Crippen LogP contribution >= 0.6 is 27.5 Å². The van der Waals surface area contributed by atoms with E-state index in [-0.39, 0.29) is 4.83 Å². The Kier molecular flexibility index (Phi) is 4.41. The molecule has 0 saturated heterocycles. The minimum absolute atomic E-state index is 0.276. The van der Waals surface area contributed by atoms with Gasteiger partial charge < -0.3 is 0 Å². The lowest BCUT2D eigenvalue weighted by molar-refractivity contribution is 0.933. The SMILES string of the molecule is Cc1ccc(C(Br)Cc2ccncc2Cl)c(C)c1. The van der Waals surface area contributed by atoms with Crippen molar-refractivity contribution in [3.8, 4) is 0 Å². The van der Waals surface area contributed by atoms with E-state index in [1.54, 1.807) is 12.4 Å². The number of hydrogen-bond acceptors (Lipinski definition) is 1. The van der Waals surface area contributed by atoms with E-state index >= 15 is 0 Å². The van der Waals surface area contributed by atoms with Crippen LogP contribution in [0.4, 0.5) is 0 Å². The molecule has 1 unspecified atom stereocenters. The van der Waals surface area contributed by atoms with Crippen molar-refractivity contribution in [2.45, 2.75) is 25.1 Å². The van der Waals surface area contributed by atoms with E-state index in [0.717, 1.165) is 17.0 Å². The Hall–Kier alpha value is -0.860. The molecule has 1 atom stereocenters. The van der Waals surface area contributed by atoms with E-state index in [0.29, 0.717) is 0 Å². The van der Waals surface area contributed by atoms with Crippen LogP contribution in [0.3, 0.4) is 0 Å². The van der Waals surface area contributed by atoms with Crippen molar-refractivity contribution in [3.63, 3.8) is 0 Å². The number of halogens is 2. The van der Waals surface area contributed by atoms with E-state index in [1.807, 2.05) is 6.07 Å². The molecule has 0 N–H and O–H groups in total. The second-order valence-corrected chi connectivity index (χ2v) is 6.01. The molecule has 3 heteroatoms. The summed E-state index contributed by atoms with van der Waals surface area (Å²) >= 11 is 9.89. The molecule has 0 spiro atoms. The molecule has 0 aliphatic heterocycles. The molecule has 2 aromatic rings. The third kappa shape index (κ3) is 3.12. The Labute approximate surface area is 121 Å². The summed E-state index contributed by atoms with van der Waals surface area (Å²) in [6, 6.07) is 8.50. The van der Waals surface area contributed by atoms with Crippen LogP contribution in [0.25, 0.3) is 0 Å². The normalized spacial score (nSPS) is 12.4. The first-order chi connectivity index (χ1) is 8.58. The van der Waals surface area contributed by atoms with Crippen molar-refractivity contribution < 1.29 is 0 Å². The lowest BCUT2D eigenvalue weighted by atomic mass is 9.99. The molecule has 94 valence electrons. The van der Waals surface area contributed by atoms with Gasteiger partial charge in [0.05, 0.1) is 5.02 Å². The highest BCUT2D eigenvalue weighted by Gasteiger charge is 2.12. The van der Waals surface area contributed by atoms with Crippen molar-refractivity contribution >= 4 is 27.5 Å². The molecule has 1 aromatic carbocycles. The fourth-order valence-corrected chi connectivity index (χ4v) is 3.11. The van der Waals surface area contributed by atoms with Crippen molar-refractivity contribution in [3.05, 3.63) is 63.9 Å². The average Bonchev–Trinajstić information content (AvgIpc) is 2.32. The first-order valence-corrected chi connectivity index (χ1v) is 7.17. The smallest absolute Gasteiger partial charge is 0.0621 e. The summed E-state index contributed by atoms with van der Waals surface area (Å²) in [5.74, 6) is 0. The number of nitrogens with zero attached hydrogens (tertiary/aromatic N) is 1. The van der Waals surface area contributed by atoms with Crippen LogP contribution in [0.1, 0.15) is 27.1 Å². The first-order valence-electron chi connectivity index (χ1n) is 5.87. The van der Waals surface area contributed by atoms with Gasteiger partial charge >= 0.3 is 0 Å². The molecule has 1 aromatic heterocycles. The second-order valence-electron chi connectivity index (χ2n) is 4.50. The molecule has 0 radical (unpaired) electrons. The number of pyridine rings is 1. The molecular weight excluding hydrogens is 310 g/mol. The van der Waals surface area contributed by atoms with E-state index in [9.17, 15) is 0 Å². The van der Waals surface area contributed by atoms with Crippen LogP contribution in [0, 0.1) is 13.8 Å². The van der Waals surface area contributed by atoms with Crippen LogP contribution in [-0.2, 0) is 6.42 Å². The molecule has 0 amide bonds. The zero-order chi connectivity index (χ0) is 13.1. The molecule has 1 nitrogen and oxygen atoms in total. The number of rotatable bonds is 3.